The van der Waals surface area contributed by atoms with Crippen LogP contribution in [0.1, 0.15) is 12.5 Å². The van der Waals surface area contributed by atoms with Gasteiger partial charge in [-0.2, -0.15) is 0 Å². The Morgan fingerprint density at radius 3 is 2.86 bits per heavy atom. The van der Waals surface area contributed by atoms with Crippen molar-refractivity contribution < 1.29 is 13.2 Å². The van der Waals surface area contributed by atoms with Gasteiger partial charge in [-0.25, -0.2) is 17.4 Å². The van der Waals surface area contributed by atoms with E-state index in [-0.39, 0.29) is 11.7 Å². The van der Waals surface area contributed by atoms with Gasteiger partial charge >= 0.3 is 0 Å². The van der Waals surface area contributed by atoms with Gasteiger partial charge in [0.05, 0.1) is 21.5 Å². The Labute approximate surface area is 176 Å². The van der Waals surface area contributed by atoms with Gasteiger partial charge in [0.15, 0.2) is 5.13 Å². The molecule has 4 aromatic rings. The largest absolute Gasteiger partial charge is 0.302 e. The Morgan fingerprint density at radius 2 is 2.07 bits per heavy atom. The number of nitrogens with zero attached hydrogens (tertiary/aromatic N) is 2. The number of thiazole rings is 1. The SMILES string of the molecule is CC(=O)Nc1nc2ccc(C=CCS(=O)(=O)n3ccc4cc(Cl)ccc43)cc2s1. The van der Waals surface area contributed by atoms with Crippen LogP contribution in [-0.4, -0.2) is 29.0 Å². The molecule has 1 amide bonds. The number of hydrogen-bond acceptors (Lipinski definition) is 5. The maximum absolute atomic E-state index is 12.7. The smallest absolute Gasteiger partial charge is 0.242 e. The van der Waals surface area contributed by atoms with E-state index in [1.54, 1.807) is 36.4 Å². The van der Waals surface area contributed by atoms with Gasteiger partial charge in [-0.1, -0.05) is 41.2 Å². The standard InChI is InChI=1S/C20H16ClN3O3S2/c1-13(25)22-20-23-17-6-4-14(11-19(17)28-20)3-2-10-29(26,27)24-9-8-15-12-16(21)5-7-18(15)24/h2-9,11-12H,10H2,1H3,(H,22,23,25). The highest BCUT2D eigenvalue weighted by molar-refractivity contribution is 7.90. The van der Waals surface area contributed by atoms with Crippen molar-refractivity contribution in [2.24, 2.45) is 0 Å². The number of fused-ring (bicyclic) bond motifs is 2. The summed E-state index contributed by atoms with van der Waals surface area (Å²) in [4.78, 5) is 15.5. The van der Waals surface area contributed by atoms with Crippen LogP contribution in [0.2, 0.25) is 5.02 Å². The highest BCUT2D eigenvalue weighted by atomic mass is 35.5. The summed E-state index contributed by atoms with van der Waals surface area (Å²) >= 11 is 7.34. The third-order valence-electron chi connectivity index (χ3n) is 4.23. The predicted octanol–water partition coefficient (Wildman–Crippen LogP) is 4.75. The van der Waals surface area contributed by atoms with Crippen molar-refractivity contribution >= 4 is 71.2 Å². The molecule has 2 aromatic heterocycles. The third kappa shape index (κ3) is 4.19. The zero-order chi connectivity index (χ0) is 20.6. The van der Waals surface area contributed by atoms with Gasteiger partial charge in [0, 0.05) is 23.5 Å². The number of halogens is 1. The van der Waals surface area contributed by atoms with E-state index in [1.807, 2.05) is 18.2 Å². The summed E-state index contributed by atoms with van der Waals surface area (Å²) < 4.78 is 27.6. The van der Waals surface area contributed by atoms with Crippen molar-refractivity contribution in [1.29, 1.82) is 0 Å². The second-order valence-electron chi connectivity index (χ2n) is 6.42. The molecule has 0 saturated heterocycles. The number of carbonyl (C=O) groups excluding carboxylic acids is 1. The van der Waals surface area contributed by atoms with Crippen molar-refractivity contribution in [3.05, 3.63) is 65.3 Å². The van der Waals surface area contributed by atoms with Crippen LogP contribution in [0.5, 0.6) is 0 Å². The number of hydrogen-bond donors (Lipinski definition) is 1. The lowest BCUT2D eigenvalue weighted by molar-refractivity contribution is -0.114. The Balaban J connectivity index is 1.54. The number of rotatable bonds is 5. The first-order valence-electron chi connectivity index (χ1n) is 8.66. The zero-order valence-electron chi connectivity index (χ0n) is 15.3. The molecular formula is C20H16ClN3O3S2. The van der Waals surface area contributed by atoms with Gasteiger partial charge in [-0.15, -0.1) is 0 Å². The van der Waals surface area contributed by atoms with Crippen LogP contribution in [0.3, 0.4) is 0 Å². The Bertz CT molecular complexity index is 1370. The van der Waals surface area contributed by atoms with Gasteiger partial charge in [0.2, 0.25) is 15.9 Å². The number of amides is 1. The minimum atomic E-state index is -3.55. The molecule has 0 fully saturated rings. The van der Waals surface area contributed by atoms with E-state index in [2.05, 4.69) is 10.3 Å². The lowest BCUT2D eigenvalue weighted by Crippen LogP contribution is -2.14. The molecule has 0 spiro atoms. The number of benzene rings is 2. The van der Waals surface area contributed by atoms with Crippen LogP contribution in [0, 0.1) is 0 Å². The number of carbonyl (C=O) groups is 1. The van der Waals surface area contributed by atoms with Crippen LogP contribution in [0.4, 0.5) is 5.13 Å². The van der Waals surface area contributed by atoms with Crippen molar-refractivity contribution in [1.82, 2.24) is 8.96 Å². The molecule has 0 saturated carbocycles. The van der Waals surface area contributed by atoms with Gasteiger partial charge in [0.25, 0.3) is 0 Å². The molecule has 0 atom stereocenters. The van der Waals surface area contributed by atoms with E-state index in [1.165, 1.54) is 28.4 Å². The van der Waals surface area contributed by atoms with E-state index in [0.717, 1.165) is 21.2 Å². The molecule has 0 aliphatic carbocycles. The topological polar surface area (TPSA) is 81.1 Å². The zero-order valence-corrected chi connectivity index (χ0v) is 17.7. The molecule has 1 N–H and O–H groups in total. The summed E-state index contributed by atoms with van der Waals surface area (Å²) in [6.07, 6.45) is 4.92. The number of aromatic nitrogens is 2. The Hall–Kier alpha value is -2.68. The molecular weight excluding hydrogens is 430 g/mol. The second-order valence-corrected chi connectivity index (χ2v) is 9.78. The molecule has 0 bridgehead atoms. The normalized spacial score (nSPS) is 12.2. The fourth-order valence-corrected chi connectivity index (χ4v) is 5.32. The minimum absolute atomic E-state index is 0.142. The van der Waals surface area contributed by atoms with Gasteiger partial charge in [-0.05, 0) is 42.0 Å². The number of anilines is 1. The maximum Gasteiger partial charge on any atom is 0.242 e. The lowest BCUT2D eigenvalue weighted by atomic mass is 10.2. The average Bonchev–Trinajstić information content (AvgIpc) is 3.23. The summed E-state index contributed by atoms with van der Waals surface area (Å²) in [7, 11) is -3.55. The minimum Gasteiger partial charge on any atom is -0.302 e. The molecule has 0 unspecified atom stereocenters. The summed E-state index contributed by atoms with van der Waals surface area (Å²) in [6.45, 7) is 1.43. The van der Waals surface area contributed by atoms with Gasteiger partial charge < -0.3 is 5.32 Å². The third-order valence-corrected chi connectivity index (χ3v) is 6.93. The molecule has 2 aromatic carbocycles. The van der Waals surface area contributed by atoms with Gasteiger partial charge in [0.1, 0.15) is 0 Å². The molecule has 0 radical (unpaired) electrons. The number of nitrogens with one attached hydrogen (secondary N) is 1. The van der Waals surface area contributed by atoms with Crippen molar-refractivity contribution in [2.75, 3.05) is 11.1 Å². The lowest BCUT2D eigenvalue weighted by Gasteiger charge is -2.05. The predicted molar refractivity (Wildman–Crippen MR) is 119 cm³/mol. The molecule has 0 aliphatic heterocycles. The first-order chi connectivity index (χ1) is 13.8. The Kier molecular flexibility index (Phi) is 5.16. The van der Waals surface area contributed by atoms with Crippen LogP contribution in [0.25, 0.3) is 27.2 Å². The van der Waals surface area contributed by atoms with E-state index < -0.39 is 10.0 Å². The molecule has 4 rings (SSSR count). The second kappa shape index (κ2) is 7.62. The molecule has 6 nitrogen and oxygen atoms in total. The van der Waals surface area contributed by atoms with Crippen LogP contribution < -0.4 is 5.32 Å². The van der Waals surface area contributed by atoms with Crippen molar-refractivity contribution in [3.63, 3.8) is 0 Å². The van der Waals surface area contributed by atoms with Crippen molar-refractivity contribution in [2.45, 2.75) is 6.92 Å². The quantitative estimate of drug-likeness (QED) is 0.480. The summed E-state index contributed by atoms with van der Waals surface area (Å²) in [5, 5.41) is 4.54. The van der Waals surface area contributed by atoms with E-state index >= 15 is 0 Å². The first kappa shape index (κ1) is 19.6. The van der Waals surface area contributed by atoms with Crippen LogP contribution >= 0.6 is 22.9 Å². The van der Waals surface area contributed by atoms with Crippen LogP contribution in [0.15, 0.2) is 54.7 Å². The fourth-order valence-electron chi connectivity index (χ4n) is 2.97. The average molecular weight is 446 g/mol. The first-order valence-corrected chi connectivity index (χ1v) is 11.5. The van der Waals surface area contributed by atoms with Gasteiger partial charge in [-0.3, -0.25) is 4.79 Å². The van der Waals surface area contributed by atoms with E-state index in [0.29, 0.717) is 15.7 Å². The van der Waals surface area contributed by atoms with E-state index in [9.17, 15) is 13.2 Å². The maximum atomic E-state index is 12.7. The summed E-state index contributed by atoms with van der Waals surface area (Å²) in [5.41, 5.74) is 2.23. The summed E-state index contributed by atoms with van der Waals surface area (Å²) in [6, 6.07) is 12.4. The van der Waals surface area contributed by atoms with Crippen molar-refractivity contribution in [3.8, 4) is 0 Å². The molecule has 9 heteroatoms. The summed E-state index contributed by atoms with van der Waals surface area (Å²) in [5.74, 6) is -0.314. The van der Waals surface area contributed by atoms with Crippen LogP contribution in [-0.2, 0) is 14.8 Å². The highest BCUT2D eigenvalue weighted by Gasteiger charge is 2.14. The monoisotopic (exact) mass is 445 g/mol. The molecule has 2 heterocycles. The Morgan fingerprint density at radius 1 is 1.24 bits per heavy atom. The fraction of sp³-hybridized carbons (Fsp3) is 0.100. The molecule has 0 aliphatic rings. The van der Waals surface area contributed by atoms with E-state index in [4.69, 9.17) is 11.6 Å². The molecule has 29 heavy (non-hydrogen) atoms. The highest BCUT2D eigenvalue weighted by Crippen LogP contribution is 2.27. The molecule has 148 valence electrons.